The van der Waals surface area contributed by atoms with E-state index in [1.165, 1.54) is 6.20 Å². The Kier molecular flexibility index (Phi) is 4.52. The van der Waals surface area contributed by atoms with Crippen LogP contribution in [0.5, 0.6) is 0 Å². The van der Waals surface area contributed by atoms with Crippen LogP contribution < -0.4 is 4.72 Å². The molecule has 0 radical (unpaired) electrons. The molecule has 1 aromatic heterocycles. The summed E-state index contributed by atoms with van der Waals surface area (Å²) >= 11 is 0. The lowest BCUT2D eigenvalue weighted by Crippen LogP contribution is -2.40. The van der Waals surface area contributed by atoms with Crippen molar-refractivity contribution in [2.45, 2.75) is 25.7 Å². The van der Waals surface area contributed by atoms with Gasteiger partial charge in [0.05, 0.1) is 11.9 Å². The first-order valence-electron chi connectivity index (χ1n) is 5.78. The minimum Gasteiger partial charge on any atom is -0.309 e. The quantitative estimate of drug-likeness (QED) is 0.795. The smallest absolute Gasteiger partial charge is 0.243 e. The molecule has 0 bridgehead atoms. The number of aromatic nitrogens is 2. The van der Waals surface area contributed by atoms with Gasteiger partial charge in [-0.15, -0.1) is 0 Å². The maximum absolute atomic E-state index is 12.1. The molecular formula is C11H22N4O2S. The minimum atomic E-state index is -3.48. The number of sulfonamides is 1. The summed E-state index contributed by atoms with van der Waals surface area (Å²) in [4.78, 5) is 2.25. The number of nitrogens with one attached hydrogen (secondary N) is 2. The molecule has 0 aromatic carbocycles. The molecular weight excluding hydrogens is 252 g/mol. The van der Waals surface area contributed by atoms with Gasteiger partial charge in [0.2, 0.25) is 10.0 Å². The maximum Gasteiger partial charge on any atom is 0.243 e. The molecule has 1 rings (SSSR count). The number of nitrogens with zero attached hydrogens (tertiary/aromatic N) is 2. The Bertz CT molecular complexity index is 491. The van der Waals surface area contributed by atoms with Crippen LogP contribution in [0.3, 0.4) is 0 Å². The lowest BCUT2D eigenvalue weighted by atomic mass is 9.93. The first kappa shape index (κ1) is 15.1. The molecule has 0 aliphatic carbocycles. The molecule has 0 aliphatic heterocycles. The van der Waals surface area contributed by atoms with Gasteiger partial charge >= 0.3 is 0 Å². The zero-order chi connectivity index (χ0) is 14.0. The minimum absolute atomic E-state index is 0.131. The van der Waals surface area contributed by atoms with Crippen molar-refractivity contribution in [3.8, 4) is 0 Å². The Hall–Kier alpha value is -0.920. The molecule has 7 heteroatoms. The van der Waals surface area contributed by atoms with Crippen LogP contribution in [0.4, 0.5) is 0 Å². The molecule has 2 N–H and O–H groups in total. The summed E-state index contributed by atoms with van der Waals surface area (Å²) in [6.45, 7) is 6.93. The van der Waals surface area contributed by atoms with Crippen molar-refractivity contribution in [1.82, 2.24) is 19.8 Å². The van der Waals surface area contributed by atoms with E-state index in [1.807, 2.05) is 32.8 Å². The van der Waals surface area contributed by atoms with Crippen molar-refractivity contribution in [2.24, 2.45) is 5.41 Å². The standard InChI is InChI=1S/C11H22N4O2S/c1-9-10(6-12-14-9)18(16,17)13-7-11(2,3)8-15(4)5/h6,13H,7-8H2,1-5H3,(H,12,14). The number of aromatic amines is 1. The molecule has 0 fully saturated rings. The molecule has 0 amide bonds. The van der Waals surface area contributed by atoms with Crippen LogP contribution >= 0.6 is 0 Å². The van der Waals surface area contributed by atoms with Crippen LogP contribution in [0.1, 0.15) is 19.5 Å². The second-order valence-electron chi connectivity index (χ2n) is 5.59. The van der Waals surface area contributed by atoms with Gasteiger partial charge in [-0.05, 0) is 26.4 Å². The van der Waals surface area contributed by atoms with Crippen LogP contribution in [0.2, 0.25) is 0 Å². The normalized spacial score (nSPS) is 13.2. The average molecular weight is 274 g/mol. The summed E-state index contributed by atoms with van der Waals surface area (Å²) in [5, 5.41) is 6.36. The van der Waals surface area contributed by atoms with E-state index in [4.69, 9.17) is 0 Å². The van der Waals surface area contributed by atoms with E-state index in [9.17, 15) is 8.42 Å². The predicted octanol–water partition coefficient (Wildman–Crippen LogP) is 0.584. The second kappa shape index (κ2) is 5.38. The maximum atomic E-state index is 12.1. The third-order valence-corrected chi connectivity index (χ3v) is 4.07. The van der Waals surface area contributed by atoms with Crippen molar-refractivity contribution in [3.63, 3.8) is 0 Å². The van der Waals surface area contributed by atoms with Gasteiger partial charge in [-0.3, -0.25) is 5.10 Å². The highest BCUT2D eigenvalue weighted by Crippen LogP contribution is 2.17. The highest BCUT2D eigenvalue weighted by atomic mass is 32.2. The van der Waals surface area contributed by atoms with Crippen molar-refractivity contribution in [1.29, 1.82) is 0 Å². The van der Waals surface area contributed by atoms with Gasteiger partial charge < -0.3 is 4.90 Å². The lowest BCUT2D eigenvalue weighted by Gasteiger charge is -2.28. The van der Waals surface area contributed by atoms with Gasteiger partial charge in [-0.1, -0.05) is 13.8 Å². The summed E-state index contributed by atoms with van der Waals surface area (Å²) in [7, 11) is 0.459. The average Bonchev–Trinajstić information content (AvgIpc) is 2.61. The fourth-order valence-corrected chi connectivity index (χ4v) is 3.27. The topological polar surface area (TPSA) is 78.1 Å². The van der Waals surface area contributed by atoms with Crippen LogP contribution in [0.15, 0.2) is 11.1 Å². The number of rotatable bonds is 6. The lowest BCUT2D eigenvalue weighted by molar-refractivity contribution is 0.242. The van der Waals surface area contributed by atoms with E-state index in [1.54, 1.807) is 6.92 Å². The van der Waals surface area contributed by atoms with Crippen molar-refractivity contribution < 1.29 is 8.42 Å². The SMILES string of the molecule is Cc1[nH]ncc1S(=O)(=O)NCC(C)(C)CN(C)C. The van der Waals surface area contributed by atoms with E-state index in [2.05, 4.69) is 14.9 Å². The van der Waals surface area contributed by atoms with Gasteiger partial charge in [0.15, 0.2) is 0 Å². The summed E-state index contributed by atoms with van der Waals surface area (Å²) in [5.41, 5.74) is 0.418. The van der Waals surface area contributed by atoms with E-state index < -0.39 is 10.0 Å². The van der Waals surface area contributed by atoms with Gasteiger partial charge in [0.1, 0.15) is 4.90 Å². The molecule has 0 atom stereocenters. The largest absolute Gasteiger partial charge is 0.309 e. The van der Waals surface area contributed by atoms with Gasteiger partial charge in [0, 0.05) is 13.1 Å². The van der Waals surface area contributed by atoms with E-state index in [0.29, 0.717) is 12.2 Å². The molecule has 0 unspecified atom stereocenters. The fraction of sp³-hybridized carbons (Fsp3) is 0.727. The summed E-state index contributed by atoms with van der Waals surface area (Å²) in [6.07, 6.45) is 1.33. The predicted molar refractivity (Wildman–Crippen MR) is 70.8 cm³/mol. The molecule has 104 valence electrons. The van der Waals surface area contributed by atoms with Gasteiger partial charge in [0.25, 0.3) is 0 Å². The zero-order valence-corrected chi connectivity index (χ0v) is 12.4. The Labute approximate surface area is 109 Å². The number of hydrogen-bond donors (Lipinski definition) is 2. The van der Waals surface area contributed by atoms with E-state index in [-0.39, 0.29) is 10.3 Å². The monoisotopic (exact) mass is 274 g/mol. The van der Waals surface area contributed by atoms with E-state index in [0.717, 1.165) is 6.54 Å². The second-order valence-corrected chi connectivity index (χ2v) is 7.32. The molecule has 0 saturated heterocycles. The van der Waals surface area contributed by atoms with Crippen LogP contribution in [0.25, 0.3) is 0 Å². The summed E-state index contributed by atoms with van der Waals surface area (Å²) in [5.74, 6) is 0. The molecule has 6 nitrogen and oxygen atoms in total. The molecule has 18 heavy (non-hydrogen) atoms. The van der Waals surface area contributed by atoms with Crippen LogP contribution in [-0.2, 0) is 10.0 Å². The van der Waals surface area contributed by atoms with Crippen LogP contribution in [-0.4, -0.2) is 50.7 Å². The molecule has 1 heterocycles. The van der Waals surface area contributed by atoms with Gasteiger partial charge in [-0.25, -0.2) is 13.1 Å². The molecule has 1 aromatic rings. The first-order valence-corrected chi connectivity index (χ1v) is 7.27. The Morgan fingerprint density at radius 2 is 2.06 bits per heavy atom. The summed E-state index contributed by atoms with van der Waals surface area (Å²) in [6, 6.07) is 0. The zero-order valence-electron chi connectivity index (χ0n) is 11.6. The van der Waals surface area contributed by atoms with Crippen molar-refractivity contribution >= 4 is 10.0 Å². The van der Waals surface area contributed by atoms with E-state index >= 15 is 0 Å². The first-order chi connectivity index (χ1) is 8.14. The number of hydrogen-bond acceptors (Lipinski definition) is 4. The Balaban J connectivity index is 2.72. The fourth-order valence-electron chi connectivity index (χ4n) is 1.89. The van der Waals surface area contributed by atoms with Crippen LogP contribution in [0, 0.1) is 12.3 Å². The highest BCUT2D eigenvalue weighted by molar-refractivity contribution is 7.89. The number of H-pyrrole nitrogens is 1. The molecule has 0 spiro atoms. The third kappa shape index (κ3) is 4.08. The van der Waals surface area contributed by atoms with Gasteiger partial charge in [-0.2, -0.15) is 5.10 Å². The Morgan fingerprint density at radius 1 is 1.44 bits per heavy atom. The van der Waals surface area contributed by atoms with Crippen molar-refractivity contribution in [3.05, 3.63) is 11.9 Å². The number of aryl methyl sites for hydroxylation is 1. The summed E-state index contributed by atoms with van der Waals surface area (Å²) < 4.78 is 26.8. The highest BCUT2D eigenvalue weighted by Gasteiger charge is 2.24. The third-order valence-electron chi connectivity index (χ3n) is 2.56. The molecule has 0 aliphatic rings. The molecule has 0 saturated carbocycles. The Morgan fingerprint density at radius 3 is 2.50 bits per heavy atom. The van der Waals surface area contributed by atoms with Crippen molar-refractivity contribution in [2.75, 3.05) is 27.2 Å².